The molecule has 0 bridgehead atoms. The lowest BCUT2D eigenvalue weighted by molar-refractivity contribution is -0.150. The van der Waals surface area contributed by atoms with Crippen molar-refractivity contribution in [1.82, 2.24) is 20.2 Å². The SMILES string of the molecule is O=C1NC[C@H]2CN(c3nc(C(F)F)nc4ccccc34)CCN2C1=O. The van der Waals surface area contributed by atoms with Crippen molar-refractivity contribution in [1.29, 1.82) is 0 Å². The zero-order chi connectivity index (χ0) is 17.6. The summed E-state index contributed by atoms with van der Waals surface area (Å²) in [4.78, 5) is 34.8. The molecule has 2 fully saturated rings. The lowest BCUT2D eigenvalue weighted by Crippen LogP contribution is -2.65. The Hall–Kier alpha value is -2.84. The van der Waals surface area contributed by atoms with Gasteiger partial charge in [-0.05, 0) is 12.1 Å². The number of benzene rings is 1. The summed E-state index contributed by atoms with van der Waals surface area (Å²) in [5.41, 5.74) is 0.457. The van der Waals surface area contributed by atoms with Gasteiger partial charge < -0.3 is 15.1 Å². The number of piperazine rings is 2. The van der Waals surface area contributed by atoms with Gasteiger partial charge in [0.05, 0.1) is 11.6 Å². The number of nitrogens with zero attached hydrogens (tertiary/aromatic N) is 4. The number of nitrogens with one attached hydrogen (secondary N) is 1. The van der Waals surface area contributed by atoms with E-state index >= 15 is 0 Å². The molecule has 2 saturated heterocycles. The number of amides is 2. The fourth-order valence-electron chi connectivity index (χ4n) is 3.32. The van der Waals surface area contributed by atoms with E-state index in [2.05, 4.69) is 15.3 Å². The highest BCUT2D eigenvalue weighted by molar-refractivity contribution is 6.35. The Morgan fingerprint density at radius 3 is 2.76 bits per heavy atom. The van der Waals surface area contributed by atoms with Crippen LogP contribution < -0.4 is 10.2 Å². The van der Waals surface area contributed by atoms with E-state index in [0.29, 0.717) is 42.9 Å². The molecule has 25 heavy (non-hydrogen) atoms. The monoisotopic (exact) mass is 347 g/mol. The third kappa shape index (κ3) is 2.65. The summed E-state index contributed by atoms with van der Waals surface area (Å²) in [5, 5.41) is 3.25. The molecule has 0 spiro atoms. The summed E-state index contributed by atoms with van der Waals surface area (Å²) >= 11 is 0. The van der Waals surface area contributed by atoms with Crippen molar-refractivity contribution in [3.8, 4) is 0 Å². The molecule has 1 aromatic carbocycles. The highest BCUT2D eigenvalue weighted by Gasteiger charge is 2.38. The predicted octanol–water partition coefficient (Wildman–Crippen LogP) is 0.714. The summed E-state index contributed by atoms with van der Waals surface area (Å²) in [7, 11) is 0. The van der Waals surface area contributed by atoms with E-state index in [1.54, 1.807) is 24.3 Å². The largest absolute Gasteiger partial charge is 0.352 e. The molecular weight excluding hydrogens is 332 g/mol. The summed E-state index contributed by atoms with van der Waals surface area (Å²) in [6, 6.07) is 6.80. The topological polar surface area (TPSA) is 78.4 Å². The first-order valence-electron chi connectivity index (χ1n) is 7.93. The maximum absolute atomic E-state index is 13.2. The van der Waals surface area contributed by atoms with Gasteiger partial charge in [0.15, 0.2) is 5.82 Å². The standard InChI is InChI=1S/C16H15F2N5O2/c17-12(18)13-20-11-4-2-1-3-10(11)14(21-13)22-5-6-23-9(8-22)7-19-15(24)16(23)25/h1-4,9,12H,5-8H2,(H,19,24)/t9-/m0/s1. The molecule has 130 valence electrons. The second kappa shape index (κ2) is 5.91. The number of carbonyl (C=O) groups excluding carboxylic acids is 2. The number of halogens is 2. The van der Waals surface area contributed by atoms with Crippen molar-refractivity contribution in [2.75, 3.05) is 31.1 Å². The summed E-state index contributed by atoms with van der Waals surface area (Å²) < 4.78 is 26.3. The van der Waals surface area contributed by atoms with Gasteiger partial charge in [0, 0.05) is 31.6 Å². The fraction of sp³-hybridized carbons (Fsp3) is 0.375. The maximum Gasteiger partial charge on any atom is 0.312 e. The number of hydrogen-bond acceptors (Lipinski definition) is 5. The highest BCUT2D eigenvalue weighted by atomic mass is 19.3. The molecule has 2 aliphatic rings. The molecule has 1 N–H and O–H groups in total. The third-order valence-corrected chi connectivity index (χ3v) is 4.53. The van der Waals surface area contributed by atoms with Crippen LogP contribution in [0.2, 0.25) is 0 Å². The number of aromatic nitrogens is 2. The number of carbonyl (C=O) groups is 2. The van der Waals surface area contributed by atoms with Crippen molar-refractivity contribution in [2.45, 2.75) is 12.5 Å². The number of rotatable bonds is 2. The molecule has 0 aliphatic carbocycles. The Balaban J connectivity index is 1.70. The van der Waals surface area contributed by atoms with Gasteiger partial charge in [-0.1, -0.05) is 12.1 Å². The first kappa shape index (κ1) is 15.7. The molecule has 2 aromatic rings. The molecule has 9 heteroatoms. The first-order chi connectivity index (χ1) is 12.0. The van der Waals surface area contributed by atoms with Gasteiger partial charge in [-0.25, -0.2) is 18.7 Å². The van der Waals surface area contributed by atoms with Crippen LogP contribution in [0.25, 0.3) is 10.9 Å². The summed E-state index contributed by atoms with van der Waals surface area (Å²) in [6.45, 7) is 1.51. The lowest BCUT2D eigenvalue weighted by atomic mass is 10.1. The van der Waals surface area contributed by atoms with Gasteiger partial charge in [-0.3, -0.25) is 9.59 Å². The van der Waals surface area contributed by atoms with E-state index in [4.69, 9.17) is 0 Å². The zero-order valence-electron chi connectivity index (χ0n) is 13.2. The molecule has 7 nitrogen and oxygen atoms in total. The Kier molecular flexibility index (Phi) is 3.70. The van der Waals surface area contributed by atoms with E-state index in [0.717, 1.165) is 0 Å². The number of hydrogen-bond donors (Lipinski definition) is 1. The number of alkyl halides is 2. The fourth-order valence-corrected chi connectivity index (χ4v) is 3.32. The number of anilines is 1. The molecule has 0 saturated carbocycles. The average molecular weight is 347 g/mol. The second-order valence-corrected chi connectivity index (χ2v) is 6.03. The predicted molar refractivity (Wildman–Crippen MR) is 85.2 cm³/mol. The smallest absolute Gasteiger partial charge is 0.312 e. The summed E-state index contributed by atoms with van der Waals surface area (Å²) in [6.07, 6.45) is -2.76. The highest BCUT2D eigenvalue weighted by Crippen LogP contribution is 2.29. The molecular formula is C16H15F2N5O2. The molecule has 2 aliphatic heterocycles. The maximum atomic E-state index is 13.2. The zero-order valence-corrected chi connectivity index (χ0v) is 13.2. The Bertz CT molecular complexity index is 860. The average Bonchev–Trinajstić information content (AvgIpc) is 2.63. The van der Waals surface area contributed by atoms with Gasteiger partial charge >= 0.3 is 11.8 Å². The Morgan fingerprint density at radius 2 is 1.96 bits per heavy atom. The van der Waals surface area contributed by atoms with E-state index < -0.39 is 24.1 Å². The molecule has 0 radical (unpaired) electrons. The molecule has 0 unspecified atom stereocenters. The van der Waals surface area contributed by atoms with Crippen molar-refractivity contribution < 1.29 is 18.4 Å². The van der Waals surface area contributed by atoms with Crippen LogP contribution >= 0.6 is 0 Å². The van der Waals surface area contributed by atoms with Crippen LogP contribution in [0.1, 0.15) is 12.2 Å². The molecule has 1 atom stereocenters. The van der Waals surface area contributed by atoms with Crippen LogP contribution in [-0.4, -0.2) is 58.9 Å². The van der Waals surface area contributed by atoms with Crippen LogP contribution in [0.15, 0.2) is 24.3 Å². The minimum atomic E-state index is -2.76. The molecule has 1 aromatic heterocycles. The van der Waals surface area contributed by atoms with Crippen LogP contribution in [0.3, 0.4) is 0 Å². The van der Waals surface area contributed by atoms with Crippen LogP contribution in [0, 0.1) is 0 Å². The van der Waals surface area contributed by atoms with Crippen molar-refractivity contribution in [2.24, 2.45) is 0 Å². The Labute approximate surface area is 141 Å². The van der Waals surface area contributed by atoms with E-state index in [-0.39, 0.29) is 6.04 Å². The first-order valence-corrected chi connectivity index (χ1v) is 7.93. The van der Waals surface area contributed by atoms with Crippen LogP contribution in [0.4, 0.5) is 14.6 Å². The lowest BCUT2D eigenvalue weighted by Gasteiger charge is -2.44. The quantitative estimate of drug-likeness (QED) is 0.810. The van der Waals surface area contributed by atoms with Gasteiger partial charge in [-0.15, -0.1) is 0 Å². The van der Waals surface area contributed by atoms with Gasteiger partial charge in [0.25, 0.3) is 6.43 Å². The third-order valence-electron chi connectivity index (χ3n) is 4.53. The van der Waals surface area contributed by atoms with E-state index in [1.165, 1.54) is 4.90 Å². The van der Waals surface area contributed by atoms with Crippen LogP contribution in [-0.2, 0) is 9.59 Å². The number of para-hydroxylation sites is 1. The molecule has 4 rings (SSSR count). The molecule has 2 amide bonds. The van der Waals surface area contributed by atoms with Gasteiger partial charge in [0.1, 0.15) is 5.82 Å². The van der Waals surface area contributed by atoms with Gasteiger partial charge in [-0.2, -0.15) is 0 Å². The molecule has 3 heterocycles. The normalized spacial score (nSPS) is 20.8. The van der Waals surface area contributed by atoms with Gasteiger partial charge in [0.2, 0.25) is 0 Å². The van der Waals surface area contributed by atoms with E-state index in [1.807, 2.05) is 4.90 Å². The van der Waals surface area contributed by atoms with Crippen molar-refractivity contribution in [3.05, 3.63) is 30.1 Å². The van der Waals surface area contributed by atoms with Crippen LogP contribution in [0.5, 0.6) is 0 Å². The minimum Gasteiger partial charge on any atom is -0.352 e. The Morgan fingerprint density at radius 1 is 1.16 bits per heavy atom. The number of fused-ring (bicyclic) bond motifs is 2. The van der Waals surface area contributed by atoms with Crippen molar-refractivity contribution in [3.63, 3.8) is 0 Å². The minimum absolute atomic E-state index is 0.206. The summed E-state index contributed by atoms with van der Waals surface area (Å²) in [5.74, 6) is -1.22. The van der Waals surface area contributed by atoms with E-state index in [9.17, 15) is 18.4 Å². The second-order valence-electron chi connectivity index (χ2n) is 6.03. The van der Waals surface area contributed by atoms with Crippen molar-refractivity contribution >= 4 is 28.5 Å².